The highest BCUT2D eigenvalue weighted by molar-refractivity contribution is 5.29. The maximum absolute atomic E-state index is 13.8. The summed E-state index contributed by atoms with van der Waals surface area (Å²) in [6, 6.07) is 0. The van der Waals surface area contributed by atoms with Crippen LogP contribution in [0.15, 0.2) is 36.2 Å². The number of allylic oxidation sites excluding steroid dienone is 5. The molecule has 0 N–H and O–H groups in total. The Labute approximate surface area is 99.9 Å². The maximum Gasteiger partial charge on any atom is 0.122 e. The van der Waals surface area contributed by atoms with Crippen molar-refractivity contribution >= 4 is 0 Å². The smallest absolute Gasteiger partial charge is 0.122 e. The summed E-state index contributed by atoms with van der Waals surface area (Å²) in [5.41, 5.74) is 0.749. The van der Waals surface area contributed by atoms with E-state index in [0.717, 1.165) is 24.8 Å². The molecule has 0 bridgehead atoms. The lowest BCUT2D eigenvalue weighted by Crippen LogP contribution is -1.95. The van der Waals surface area contributed by atoms with E-state index in [2.05, 4.69) is 20.4 Å². The molecule has 1 heteroatoms. The first-order valence-corrected chi connectivity index (χ1v) is 6.21. The van der Waals surface area contributed by atoms with Crippen LogP contribution in [0.4, 0.5) is 4.39 Å². The van der Waals surface area contributed by atoms with Crippen LogP contribution in [0.5, 0.6) is 0 Å². The van der Waals surface area contributed by atoms with Gasteiger partial charge < -0.3 is 0 Å². The summed E-state index contributed by atoms with van der Waals surface area (Å²) < 4.78 is 13.8. The average molecular weight is 224 g/mol. The average Bonchev–Trinajstić information content (AvgIpc) is 2.24. The molecule has 1 unspecified atom stereocenters. The van der Waals surface area contributed by atoms with Crippen LogP contribution in [0.1, 0.15) is 47.0 Å². The van der Waals surface area contributed by atoms with E-state index in [9.17, 15) is 4.39 Å². The third-order valence-electron chi connectivity index (χ3n) is 2.88. The van der Waals surface area contributed by atoms with Gasteiger partial charge in [0, 0.05) is 0 Å². The van der Waals surface area contributed by atoms with E-state index in [0.29, 0.717) is 5.92 Å². The van der Waals surface area contributed by atoms with Gasteiger partial charge in [-0.25, -0.2) is 4.39 Å². The van der Waals surface area contributed by atoms with Crippen LogP contribution in [0, 0.1) is 11.8 Å². The first-order valence-electron chi connectivity index (χ1n) is 6.21. The largest absolute Gasteiger partial charge is 0.207 e. The highest BCUT2D eigenvalue weighted by Gasteiger charge is 2.08. The van der Waals surface area contributed by atoms with E-state index >= 15 is 0 Å². The minimum Gasteiger partial charge on any atom is -0.207 e. The van der Waals surface area contributed by atoms with Crippen molar-refractivity contribution in [3.63, 3.8) is 0 Å². The fourth-order valence-corrected chi connectivity index (χ4v) is 1.49. The molecular formula is C15H25F. The van der Waals surface area contributed by atoms with Gasteiger partial charge in [-0.15, -0.1) is 0 Å². The van der Waals surface area contributed by atoms with E-state index in [-0.39, 0.29) is 11.7 Å². The van der Waals surface area contributed by atoms with Gasteiger partial charge in [-0.05, 0) is 36.3 Å². The molecule has 0 spiro atoms. The molecule has 0 nitrogen and oxygen atoms in total. The Kier molecular flexibility index (Phi) is 7.88. The SMILES string of the molecule is C=C/C=C(\C(F)=C/CCC(C)CC)C(C)C. The van der Waals surface area contributed by atoms with Crippen LogP contribution in [0.3, 0.4) is 0 Å². The van der Waals surface area contributed by atoms with Crippen molar-refractivity contribution in [3.8, 4) is 0 Å². The summed E-state index contributed by atoms with van der Waals surface area (Å²) in [5.74, 6) is 0.797. The van der Waals surface area contributed by atoms with Gasteiger partial charge in [0.2, 0.25) is 0 Å². The van der Waals surface area contributed by atoms with E-state index in [4.69, 9.17) is 0 Å². The van der Waals surface area contributed by atoms with Crippen molar-refractivity contribution in [1.29, 1.82) is 0 Å². The topological polar surface area (TPSA) is 0 Å². The summed E-state index contributed by atoms with van der Waals surface area (Å²) in [6.07, 6.45) is 8.17. The molecule has 0 rings (SSSR count). The summed E-state index contributed by atoms with van der Waals surface area (Å²) in [6.45, 7) is 12.0. The van der Waals surface area contributed by atoms with E-state index in [1.165, 1.54) is 0 Å². The van der Waals surface area contributed by atoms with Crippen LogP contribution >= 0.6 is 0 Å². The molecule has 0 aliphatic carbocycles. The van der Waals surface area contributed by atoms with Crippen molar-refractivity contribution in [2.24, 2.45) is 11.8 Å². The minimum absolute atomic E-state index is 0.0850. The van der Waals surface area contributed by atoms with Crippen LogP contribution < -0.4 is 0 Å². The Bertz CT molecular complexity index is 259. The first-order chi connectivity index (χ1) is 7.52. The standard InChI is InChI=1S/C15H25F/c1-6-9-14(12(3)4)15(16)11-8-10-13(5)7-2/h6,9,11-13H,1,7-8,10H2,2-5H3/b14-9-,15-11+. The van der Waals surface area contributed by atoms with Crippen molar-refractivity contribution in [2.75, 3.05) is 0 Å². The first kappa shape index (κ1) is 15.2. The van der Waals surface area contributed by atoms with Crippen molar-refractivity contribution in [2.45, 2.75) is 47.0 Å². The normalized spacial score (nSPS) is 15.4. The molecule has 0 radical (unpaired) electrons. The second-order valence-electron chi connectivity index (χ2n) is 4.66. The second-order valence-corrected chi connectivity index (χ2v) is 4.66. The maximum atomic E-state index is 13.8. The summed E-state index contributed by atoms with van der Waals surface area (Å²) in [4.78, 5) is 0. The predicted molar refractivity (Wildman–Crippen MR) is 71.0 cm³/mol. The molecule has 0 fully saturated rings. The van der Waals surface area contributed by atoms with E-state index < -0.39 is 0 Å². The molecule has 0 aliphatic rings. The lowest BCUT2D eigenvalue weighted by molar-refractivity contribution is 0.515. The van der Waals surface area contributed by atoms with Crippen molar-refractivity contribution in [1.82, 2.24) is 0 Å². The molecule has 92 valence electrons. The highest BCUT2D eigenvalue weighted by atomic mass is 19.1. The van der Waals surface area contributed by atoms with Crippen LogP contribution in [-0.2, 0) is 0 Å². The number of rotatable bonds is 7. The lowest BCUT2D eigenvalue weighted by atomic mass is 9.98. The molecule has 0 amide bonds. The van der Waals surface area contributed by atoms with Crippen LogP contribution in [0.25, 0.3) is 0 Å². The minimum atomic E-state index is -0.0850. The van der Waals surface area contributed by atoms with Crippen molar-refractivity contribution < 1.29 is 4.39 Å². The molecule has 0 saturated heterocycles. The fraction of sp³-hybridized carbons (Fsp3) is 0.600. The molecule has 0 aliphatic heterocycles. The van der Waals surface area contributed by atoms with Gasteiger partial charge in [0.15, 0.2) is 0 Å². The quantitative estimate of drug-likeness (QED) is 0.505. The zero-order valence-corrected chi connectivity index (χ0v) is 11.1. The Morgan fingerprint density at radius 2 is 1.94 bits per heavy atom. The fourth-order valence-electron chi connectivity index (χ4n) is 1.49. The molecule has 0 aromatic heterocycles. The monoisotopic (exact) mass is 224 g/mol. The van der Waals surface area contributed by atoms with Gasteiger partial charge in [0.1, 0.15) is 5.83 Å². The number of halogens is 1. The third kappa shape index (κ3) is 5.89. The Morgan fingerprint density at radius 3 is 2.38 bits per heavy atom. The van der Waals surface area contributed by atoms with Crippen LogP contribution in [-0.4, -0.2) is 0 Å². The molecule has 0 aromatic rings. The molecule has 1 atom stereocenters. The molecular weight excluding hydrogens is 199 g/mol. The molecule has 0 saturated carbocycles. The summed E-state index contributed by atoms with van der Waals surface area (Å²) in [7, 11) is 0. The Morgan fingerprint density at radius 1 is 1.31 bits per heavy atom. The summed E-state index contributed by atoms with van der Waals surface area (Å²) in [5, 5.41) is 0. The Balaban J connectivity index is 4.39. The highest BCUT2D eigenvalue weighted by Crippen LogP contribution is 2.22. The van der Waals surface area contributed by atoms with Gasteiger partial charge in [0.05, 0.1) is 0 Å². The molecule has 0 heterocycles. The Hall–Kier alpha value is -0.850. The zero-order valence-electron chi connectivity index (χ0n) is 11.1. The third-order valence-corrected chi connectivity index (χ3v) is 2.88. The van der Waals surface area contributed by atoms with Gasteiger partial charge in [-0.1, -0.05) is 52.8 Å². The van der Waals surface area contributed by atoms with Gasteiger partial charge in [-0.3, -0.25) is 0 Å². The van der Waals surface area contributed by atoms with Crippen molar-refractivity contribution in [3.05, 3.63) is 36.2 Å². The lowest BCUT2D eigenvalue weighted by Gasteiger charge is -2.09. The zero-order chi connectivity index (χ0) is 12.6. The van der Waals surface area contributed by atoms with Gasteiger partial charge >= 0.3 is 0 Å². The summed E-state index contributed by atoms with van der Waals surface area (Å²) >= 11 is 0. The number of hydrogen-bond donors (Lipinski definition) is 0. The molecule has 0 aromatic carbocycles. The predicted octanol–water partition coefficient (Wildman–Crippen LogP) is 5.43. The van der Waals surface area contributed by atoms with E-state index in [1.54, 1.807) is 18.2 Å². The van der Waals surface area contributed by atoms with Crippen LogP contribution in [0.2, 0.25) is 0 Å². The second kappa shape index (κ2) is 8.32. The molecule has 16 heavy (non-hydrogen) atoms. The number of hydrogen-bond acceptors (Lipinski definition) is 0. The van der Waals surface area contributed by atoms with E-state index in [1.807, 2.05) is 13.8 Å². The van der Waals surface area contributed by atoms with Gasteiger partial charge in [-0.2, -0.15) is 0 Å². The van der Waals surface area contributed by atoms with Gasteiger partial charge in [0.25, 0.3) is 0 Å².